The highest BCUT2D eigenvalue weighted by molar-refractivity contribution is 5.76. The lowest BCUT2D eigenvalue weighted by Gasteiger charge is -2.48. The maximum atomic E-state index is 13.3. The summed E-state index contributed by atoms with van der Waals surface area (Å²) in [6.45, 7) is 1.71. The van der Waals surface area contributed by atoms with Gasteiger partial charge in [-0.3, -0.25) is 4.79 Å². The Morgan fingerprint density at radius 1 is 0.432 bits per heavy atom. The van der Waals surface area contributed by atoms with Crippen LogP contribution in [0.15, 0.2) is 24.3 Å². The molecule has 0 saturated carbocycles. The first-order valence-corrected chi connectivity index (χ1v) is 32.1. The molecule has 19 heteroatoms. The molecule has 17 atom stereocenters. The van der Waals surface area contributed by atoms with E-state index in [1.54, 1.807) is 6.08 Å². The zero-order chi connectivity index (χ0) is 59.0. The topological polar surface area (TPSA) is 307 Å². The zero-order valence-corrected chi connectivity index (χ0v) is 49.8. The van der Waals surface area contributed by atoms with Crippen molar-refractivity contribution in [3.05, 3.63) is 24.3 Å². The van der Waals surface area contributed by atoms with Crippen molar-refractivity contribution in [1.82, 2.24) is 5.32 Å². The van der Waals surface area contributed by atoms with Crippen molar-refractivity contribution in [1.29, 1.82) is 0 Å². The minimum absolute atomic E-state index is 0.240. The zero-order valence-electron chi connectivity index (χ0n) is 49.8. The van der Waals surface area contributed by atoms with Crippen molar-refractivity contribution in [3.8, 4) is 0 Å². The van der Waals surface area contributed by atoms with E-state index in [-0.39, 0.29) is 18.9 Å². The molecule has 0 bridgehead atoms. The average molecular weight is 1160 g/mol. The Hall–Kier alpha value is -1.73. The first-order valence-electron chi connectivity index (χ1n) is 32.1. The van der Waals surface area contributed by atoms with E-state index >= 15 is 0 Å². The molecule has 0 aromatic heterocycles. The predicted molar refractivity (Wildman–Crippen MR) is 310 cm³/mol. The third-order valence-electron chi connectivity index (χ3n) is 16.3. The summed E-state index contributed by atoms with van der Waals surface area (Å²) in [4.78, 5) is 13.3. The number of hydrogen-bond acceptors (Lipinski definition) is 18. The van der Waals surface area contributed by atoms with E-state index in [1.165, 1.54) is 161 Å². The third-order valence-corrected chi connectivity index (χ3v) is 16.3. The van der Waals surface area contributed by atoms with E-state index in [9.17, 15) is 61.0 Å². The summed E-state index contributed by atoms with van der Waals surface area (Å²) in [7, 11) is 0. The van der Waals surface area contributed by atoms with Gasteiger partial charge in [0, 0.05) is 6.42 Å². The average Bonchev–Trinajstić information content (AvgIpc) is 3.48. The molecule has 3 rings (SSSR count). The highest BCUT2D eigenvalue weighted by Gasteiger charge is 2.53. The van der Waals surface area contributed by atoms with Gasteiger partial charge in [0.05, 0.1) is 38.6 Å². The molecule has 0 spiro atoms. The Morgan fingerprint density at radius 2 is 0.790 bits per heavy atom. The molecular weight excluding hydrogens is 1050 g/mol. The quantitative estimate of drug-likeness (QED) is 0.0222. The van der Waals surface area contributed by atoms with Crippen LogP contribution in [0.3, 0.4) is 0 Å². The van der Waals surface area contributed by atoms with Gasteiger partial charge in [-0.15, -0.1) is 0 Å². The molecule has 12 N–H and O–H groups in total. The second kappa shape index (κ2) is 45.6. The first kappa shape index (κ1) is 73.5. The number of carbonyl (C=O) groups excluding carboxylic acids is 1. The van der Waals surface area contributed by atoms with E-state index in [1.807, 2.05) is 6.08 Å². The lowest BCUT2D eigenvalue weighted by atomic mass is 9.96. The Balaban J connectivity index is 1.46. The normalized spacial score (nSPS) is 29.9. The summed E-state index contributed by atoms with van der Waals surface area (Å²) >= 11 is 0. The fourth-order valence-electron chi connectivity index (χ4n) is 11.0. The maximum absolute atomic E-state index is 13.3. The number of nitrogens with one attached hydrogen (secondary N) is 1. The summed E-state index contributed by atoms with van der Waals surface area (Å²) in [5.41, 5.74) is 0. The molecule has 0 aliphatic carbocycles. The minimum atomic E-state index is -1.98. The molecular formula is C62H115NO18. The maximum Gasteiger partial charge on any atom is 0.220 e. The van der Waals surface area contributed by atoms with Gasteiger partial charge in [-0.1, -0.05) is 218 Å². The number of aliphatic hydroxyl groups is 11. The van der Waals surface area contributed by atoms with Crippen LogP contribution in [0.2, 0.25) is 0 Å². The van der Waals surface area contributed by atoms with Crippen LogP contribution in [0.5, 0.6) is 0 Å². The van der Waals surface area contributed by atoms with Gasteiger partial charge < -0.3 is 89.9 Å². The van der Waals surface area contributed by atoms with E-state index in [0.717, 1.165) is 38.5 Å². The number of ether oxygens (including phenoxy) is 6. The molecule has 3 aliphatic heterocycles. The smallest absolute Gasteiger partial charge is 0.220 e. The lowest BCUT2D eigenvalue weighted by Crippen LogP contribution is -2.66. The summed E-state index contributed by atoms with van der Waals surface area (Å²) in [5.74, 6) is -0.282. The standard InChI is InChI=1S/C62H115NO18/c1-3-5-7-9-11-13-15-17-19-20-21-22-23-24-25-26-28-30-32-34-36-38-40-50(68)63-45(46(67)39-37-35-33-31-29-27-18-16-14-12-10-8-6-4-2)44-76-60-56(74)53(71)58(48(42-65)78-60)81-62-57(75)54(72)59(49(43-66)79-62)80-61-55(73)52(70)51(69)47(41-64)77-61/h29,31,37,39,45-49,51-62,64-67,69-75H,3-28,30,32-36,38,40-44H2,1-2H3,(H,63,68)/b31-29+,39-37+. The van der Waals surface area contributed by atoms with Crippen molar-refractivity contribution in [2.75, 3.05) is 26.4 Å². The summed E-state index contributed by atoms with van der Waals surface area (Å²) in [6.07, 6.45) is 21.6. The van der Waals surface area contributed by atoms with Crippen molar-refractivity contribution < 1.29 is 89.4 Å². The molecule has 3 aliphatic rings. The Kier molecular flexibility index (Phi) is 41.4. The van der Waals surface area contributed by atoms with Crippen molar-refractivity contribution in [2.45, 2.75) is 336 Å². The van der Waals surface area contributed by atoms with Gasteiger partial charge in [0.15, 0.2) is 18.9 Å². The molecule has 81 heavy (non-hydrogen) atoms. The molecule has 0 radical (unpaired) electrons. The van der Waals surface area contributed by atoms with Crippen molar-refractivity contribution in [3.63, 3.8) is 0 Å². The number of unbranched alkanes of at least 4 members (excludes halogenated alkanes) is 30. The number of amides is 1. The molecule has 0 aromatic rings. The van der Waals surface area contributed by atoms with Gasteiger partial charge >= 0.3 is 0 Å². The van der Waals surface area contributed by atoms with Gasteiger partial charge in [0.1, 0.15) is 73.2 Å². The lowest BCUT2D eigenvalue weighted by molar-refractivity contribution is -0.379. The van der Waals surface area contributed by atoms with Gasteiger partial charge in [-0.25, -0.2) is 0 Å². The summed E-state index contributed by atoms with van der Waals surface area (Å²) in [5, 5.41) is 120. The molecule has 3 heterocycles. The fourth-order valence-corrected chi connectivity index (χ4v) is 11.0. The number of aliphatic hydroxyl groups excluding tert-OH is 11. The molecule has 3 saturated heterocycles. The summed E-state index contributed by atoms with van der Waals surface area (Å²) in [6, 6.07) is -0.985. The van der Waals surface area contributed by atoms with Crippen molar-refractivity contribution in [2.24, 2.45) is 0 Å². The number of allylic oxidation sites excluding steroid dienone is 3. The molecule has 1 amide bonds. The van der Waals surface area contributed by atoms with Crippen LogP contribution < -0.4 is 5.32 Å². The Morgan fingerprint density at radius 3 is 1.23 bits per heavy atom. The summed E-state index contributed by atoms with van der Waals surface area (Å²) < 4.78 is 34.3. The van der Waals surface area contributed by atoms with Crippen LogP contribution in [0.4, 0.5) is 0 Å². The second-order valence-electron chi connectivity index (χ2n) is 23.2. The molecule has 17 unspecified atom stereocenters. The van der Waals surface area contributed by atoms with E-state index in [0.29, 0.717) is 12.8 Å². The van der Waals surface area contributed by atoms with Crippen LogP contribution in [-0.4, -0.2) is 193 Å². The highest BCUT2D eigenvalue weighted by atomic mass is 16.8. The number of rotatable bonds is 48. The molecule has 19 nitrogen and oxygen atoms in total. The van der Waals surface area contributed by atoms with Gasteiger partial charge in [-0.2, -0.15) is 0 Å². The molecule has 0 aromatic carbocycles. The van der Waals surface area contributed by atoms with Crippen LogP contribution in [0.25, 0.3) is 0 Å². The number of carbonyl (C=O) groups is 1. The van der Waals surface area contributed by atoms with E-state index in [4.69, 9.17) is 28.4 Å². The SMILES string of the molecule is CCCCCCCCCC/C=C/CC/C=C/C(O)C(COC1OC(CO)C(OC2OC(CO)C(OC3OC(CO)C(O)C(O)C3O)C(O)C2O)C(O)C1O)NC(=O)CCCCCCCCCCCCCCCCCCCCCCCC. The van der Waals surface area contributed by atoms with Crippen molar-refractivity contribution >= 4 is 5.91 Å². The van der Waals surface area contributed by atoms with E-state index < -0.39 is 124 Å². The second-order valence-corrected chi connectivity index (χ2v) is 23.2. The van der Waals surface area contributed by atoms with Crippen LogP contribution in [-0.2, 0) is 33.2 Å². The van der Waals surface area contributed by atoms with Crippen LogP contribution >= 0.6 is 0 Å². The predicted octanol–water partition coefficient (Wildman–Crippen LogP) is 6.71. The van der Waals surface area contributed by atoms with Crippen LogP contribution in [0, 0.1) is 0 Å². The highest BCUT2D eigenvalue weighted by Crippen LogP contribution is 2.33. The van der Waals surface area contributed by atoms with Gasteiger partial charge in [0.2, 0.25) is 5.91 Å². The van der Waals surface area contributed by atoms with Gasteiger partial charge in [-0.05, 0) is 32.1 Å². The molecule has 476 valence electrons. The fraction of sp³-hybridized carbons (Fsp3) is 0.919. The Bertz CT molecular complexity index is 1580. The monoisotopic (exact) mass is 1160 g/mol. The minimum Gasteiger partial charge on any atom is -0.394 e. The largest absolute Gasteiger partial charge is 0.394 e. The third kappa shape index (κ3) is 29.0. The first-order chi connectivity index (χ1) is 39.3. The van der Waals surface area contributed by atoms with Crippen LogP contribution in [0.1, 0.15) is 232 Å². The van der Waals surface area contributed by atoms with E-state index in [2.05, 4.69) is 31.3 Å². The number of hydrogen-bond donors (Lipinski definition) is 12. The molecule has 3 fully saturated rings. The Labute approximate surface area is 486 Å². The van der Waals surface area contributed by atoms with Gasteiger partial charge in [0.25, 0.3) is 0 Å².